The quantitative estimate of drug-likeness (QED) is 0.557. The van der Waals surface area contributed by atoms with E-state index in [1.54, 1.807) is 37.3 Å². The molecular formula is C20H19ClFNO4S. The molecule has 0 radical (unpaired) electrons. The summed E-state index contributed by atoms with van der Waals surface area (Å²) in [4.78, 5) is 12.3. The van der Waals surface area contributed by atoms with Crippen LogP contribution in [0.2, 0.25) is 5.02 Å². The average molecular weight is 424 g/mol. The summed E-state index contributed by atoms with van der Waals surface area (Å²) in [6.45, 7) is 1.98. The summed E-state index contributed by atoms with van der Waals surface area (Å²) in [5, 5.41) is 3.59. The van der Waals surface area contributed by atoms with Crippen LogP contribution in [0.1, 0.15) is 30.6 Å². The smallest absolute Gasteiger partial charge is 0.308 e. The van der Waals surface area contributed by atoms with Crippen molar-refractivity contribution in [3.8, 4) is 5.75 Å². The van der Waals surface area contributed by atoms with Gasteiger partial charge in [0.05, 0.1) is 20.1 Å². The van der Waals surface area contributed by atoms with Crippen LogP contribution in [0.5, 0.6) is 5.75 Å². The monoisotopic (exact) mass is 423 g/mol. The third-order valence-corrected chi connectivity index (χ3v) is 4.89. The molecular weight excluding hydrogens is 405 g/mol. The highest BCUT2D eigenvalue weighted by atomic mass is 35.5. The lowest BCUT2D eigenvalue weighted by molar-refractivity contribution is -0.145. The van der Waals surface area contributed by atoms with Gasteiger partial charge in [-0.3, -0.25) is 4.79 Å². The van der Waals surface area contributed by atoms with Crippen molar-refractivity contribution < 1.29 is 23.4 Å². The van der Waals surface area contributed by atoms with E-state index in [-0.39, 0.29) is 18.8 Å². The maximum atomic E-state index is 14.3. The zero-order chi connectivity index (χ0) is 20.3. The topological polar surface area (TPSA) is 56.8 Å². The Hall–Kier alpha value is -2.22. The predicted octanol–water partition coefficient (Wildman–Crippen LogP) is 4.67. The third-order valence-electron chi connectivity index (χ3n) is 4.29. The van der Waals surface area contributed by atoms with E-state index in [1.165, 1.54) is 13.2 Å². The fourth-order valence-corrected chi connectivity index (χ4v) is 3.51. The first kappa shape index (κ1) is 20.5. The van der Waals surface area contributed by atoms with E-state index in [4.69, 9.17) is 38.0 Å². The fourth-order valence-electron chi connectivity index (χ4n) is 3.08. The number of rotatable bonds is 5. The molecule has 5 nitrogen and oxygen atoms in total. The molecule has 0 aromatic heterocycles. The second kappa shape index (κ2) is 8.86. The third kappa shape index (κ3) is 4.27. The summed E-state index contributed by atoms with van der Waals surface area (Å²) in [6, 6.07) is 9.76. The van der Waals surface area contributed by atoms with Crippen LogP contribution in [0.25, 0.3) is 0 Å². The van der Waals surface area contributed by atoms with Gasteiger partial charge in [-0.15, -0.1) is 0 Å². The zero-order valence-electron chi connectivity index (χ0n) is 15.3. The number of methoxy groups -OCH3 is 1. The van der Waals surface area contributed by atoms with Gasteiger partial charge in [0.2, 0.25) is 0 Å². The van der Waals surface area contributed by atoms with E-state index in [9.17, 15) is 9.18 Å². The molecule has 0 spiro atoms. The Morgan fingerprint density at radius 2 is 2.11 bits per heavy atom. The number of nitrogens with one attached hydrogen (secondary N) is 1. The van der Waals surface area contributed by atoms with Gasteiger partial charge in [0, 0.05) is 21.8 Å². The van der Waals surface area contributed by atoms with Crippen molar-refractivity contribution in [1.29, 1.82) is 0 Å². The summed E-state index contributed by atoms with van der Waals surface area (Å²) >= 11 is 11.6. The van der Waals surface area contributed by atoms with E-state index in [0.717, 1.165) is 0 Å². The van der Waals surface area contributed by atoms with Gasteiger partial charge in [0.25, 0.3) is 0 Å². The Labute approximate surface area is 172 Å². The molecule has 1 aliphatic heterocycles. The van der Waals surface area contributed by atoms with Crippen molar-refractivity contribution in [3.63, 3.8) is 0 Å². The Balaban J connectivity index is 2.09. The first-order valence-corrected chi connectivity index (χ1v) is 9.47. The highest BCUT2D eigenvalue weighted by Gasteiger charge is 2.33. The molecule has 3 rings (SSSR count). The minimum atomic E-state index is -0.766. The lowest BCUT2D eigenvalue weighted by atomic mass is 9.98. The van der Waals surface area contributed by atoms with Crippen LogP contribution in [0.15, 0.2) is 36.4 Å². The van der Waals surface area contributed by atoms with Gasteiger partial charge in [-0.2, -0.15) is 0 Å². The SMILES string of the molecule is CCOC(=O)CC1OC(c2cccc(F)c2OC)c2cc(Cl)ccc2NC1=S. The Kier molecular flexibility index (Phi) is 6.49. The number of hydrogen-bond donors (Lipinski definition) is 1. The van der Waals surface area contributed by atoms with Crippen LogP contribution >= 0.6 is 23.8 Å². The number of esters is 1. The molecule has 1 heterocycles. The number of ether oxygens (including phenoxy) is 3. The maximum absolute atomic E-state index is 14.3. The molecule has 2 aromatic rings. The molecule has 0 saturated carbocycles. The van der Waals surface area contributed by atoms with Crippen LogP contribution in [0, 0.1) is 5.82 Å². The summed E-state index contributed by atoms with van der Waals surface area (Å²) in [5.41, 5.74) is 1.79. The zero-order valence-corrected chi connectivity index (χ0v) is 16.9. The molecule has 0 amide bonds. The van der Waals surface area contributed by atoms with E-state index in [0.29, 0.717) is 26.8 Å². The normalized spacial score (nSPS) is 18.6. The number of para-hydroxylation sites is 1. The largest absolute Gasteiger partial charge is 0.493 e. The van der Waals surface area contributed by atoms with Crippen LogP contribution in [0.3, 0.4) is 0 Å². The van der Waals surface area contributed by atoms with Crippen LogP contribution in [-0.4, -0.2) is 30.8 Å². The molecule has 0 saturated heterocycles. The molecule has 148 valence electrons. The second-order valence-electron chi connectivity index (χ2n) is 6.10. The van der Waals surface area contributed by atoms with Crippen LogP contribution in [0.4, 0.5) is 10.1 Å². The number of fused-ring (bicyclic) bond motifs is 1. The Morgan fingerprint density at radius 3 is 2.82 bits per heavy atom. The lowest BCUT2D eigenvalue weighted by Crippen LogP contribution is -2.31. The summed E-state index contributed by atoms with van der Waals surface area (Å²) in [7, 11) is 1.39. The van der Waals surface area contributed by atoms with Crippen LogP contribution < -0.4 is 10.1 Å². The molecule has 1 aliphatic rings. The number of halogens is 2. The van der Waals surface area contributed by atoms with Crippen molar-refractivity contribution in [3.05, 3.63) is 58.4 Å². The number of carbonyl (C=O) groups excluding carboxylic acids is 1. The van der Waals surface area contributed by atoms with E-state index >= 15 is 0 Å². The van der Waals surface area contributed by atoms with Crippen molar-refractivity contribution in [2.75, 3.05) is 19.0 Å². The van der Waals surface area contributed by atoms with Crippen molar-refractivity contribution in [2.24, 2.45) is 0 Å². The number of hydrogen-bond acceptors (Lipinski definition) is 5. The van der Waals surface area contributed by atoms with E-state index in [2.05, 4.69) is 5.32 Å². The standard InChI is InChI=1S/C20H19ClFNO4S/c1-3-26-17(24)10-16-20(28)23-15-8-7-11(21)9-13(15)18(27-16)12-5-4-6-14(22)19(12)25-2/h4-9,16,18H,3,10H2,1-2H3,(H,23,28). The first-order valence-electron chi connectivity index (χ1n) is 8.68. The summed E-state index contributed by atoms with van der Waals surface area (Å²) in [5.74, 6) is -0.902. The number of thiocarbonyl (C=S) groups is 1. The molecule has 0 fully saturated rings. The van der Waals surface area contributed by atoms with Gasteiger partial charge in [-0.1, -0.05) is 36.0 Å². The Morgan fingerprint density at radius 1 is 1.32 bits per heavy atom. The summed E-state index contributed by atoms with van der Waals surface area (Å²) in [6.07, 6.45) is -1.60. The van der Waals surface area contributed by atoms with Gasteiger partial charge in [0.15, 0.2) is 11.6 Å². The minimum absolute atomic E-state index is 0.0566. The number of benzene rings is 2. The van der Waals surface area contributed by atoms with Gasteiger partial charge < -0.3 is 19.5 Å². The maximum Gasteiger partial charge on any atom is 0.308 e. The van der Waals surface area contributed by atoms with E-state index < -0.39 is 24.0 Å². The first-order chi connectivity index (χ1) is 13.4. The van der Waals surface area contributed by atoms with Crippen molar-refractivity contribution >= 4 is 40.5 Å². The number of carbonyl (C=O) groups is 1. The Bertz CT molecular complexity index is 908. The van der Waals surface area contributed by atoms with Crippen molar-refractivity contribution in [2.45, 2.75) is 25.6 Å². The molecule has 8 heteroatoms. The van der Waals surface area contributed by atoms with Crippen LogP contribution in [-0.2, 0) is 14.3 Å². The van der Waals surface area contributed by atoms with Gasteiger partial charge >= 0.3 is 5.97 Å². The van der Waals surface area contributed by atoms with Gasteiger partial charge in [0.1, 0.15) is 17.2 Å². The van der Waals surface area contributed by atoms with Crippen molar-refractivity contribution in [1.82, 2.24) is 0 Å². The molecule has 2 aromatic carbocycles. The highest BCUT2D eigenvalue weighted by molar-refractivity contribution is 7.80. The molecule has 0 aliphatic carbocycles. The second-order valence-corrected chi connectivity index (χ2v) is 6.97. The molecule has 2 atom stereocenters. The highest BCUT2D eigenvalue weighted by Crippen LogP contribution is 2.41. The number of anilines is 1. The molecule has 1 N–H and O–H groups in total. The molecule has 2 unspecified atom stereocenters. The molecule has 0 bridgehead atoms. The minimum Gasteiger partial charge on any atom is -0.493 e. The molecule has 28 heavy (non-hydrogen) atoms. The van der Waals surface area contributed by atoms with E-state index in [1.807, 2.05) is 0 Å². The lowest BCUT2D eigenvalue weighted by Gasteiger charge is -2.24. The predicted molar refractivity (Wildman–Crippen MR) is 109 cm³/mol. The van der Waals surface area contributed by atoms with Gasteiger partial charge in [-0.25, -0.2) is 4.39 Å². The van der Waals surface area contributed by atoms with Gasteiger partial charge in [-0.05, 0) is 31.2 Å². The average Bonchev–Trinajstić information content (AvgIpc) is 2.78. The summed E-state index contributed by atoms with van der Waals surface area (Å²) < 4.78 is 30.8. The fraction of sp³-hybridized carbons (Fsp3) is 0.300.